The predicted molar refractivity (Wildman–Crippen MR) is 63.5 cm³/mol. The second-order valence-electron chi connectivity index (χ2n) is 3.87. The summed E-state index contributed by atoms with van der Waals surface area (Å²) in [6, 6.07) is 5.02. The van der Waals surface area contributed by atoms with Crippen LogP contribution in [-0.4, -0.2) is 21.3 Å². The summed E-state index contributed by atoms with van der Waals surface area (Å²) < 4.78 is 29.4. The topological polar surface area (TPSA) is 60.4 Å². The maximum absolute atomic E-state index is 12.2. The van der Waals surface area contributed by atoms with Gasteiger partial charge in [-0.2, -0.15) is 0 Å². The molecule has 1 aliphatic heterocycles. The second kappa shape index (κ2) is 4.00. The fourth-order valence-electron chi connectivity index (χ4n) is 1.87. The summed E-state index contributed by atoms with van der Waals surface area (Å²) in [7, 11) is -2.14. The molecule has 0 unspecified atom stereocenters. The van der Waals surface area contributed by atoms with E-state index in [2.05, 4.69) is 0 Å². The van der Waals surface area contributed by atoms with Crippen molar-refractivity contribution in [3.05, 3.63) is 28.7 Å². The molecule has 5 heteroatoms. The van der Waals surface area contributed by atoms with Gasteiger partial charge in [0.2, 0.25) is 9.84 Å². The highest BCUT2D eigenvalue weighted by Gasteiger charge is 2.33. The Balaban J connectivity index is 2.60. The maximum atomic E-state index is 12.2. The number of Topliss-reactive ketones (excluding diaryl/α,β-unsaturated/α-hetero) is 1. The zero-order valence-corrected chi connectivity index (χ0v) is 10.4. The van der Waals surface area contributed by atoms with Gasteiger partial charge in [-0.05, 0) is 24.6 Å². The Kier molecular flexibility index (Phi) is 2.79. The van der Waals surface area contributed by atoms with E-state index < -0.39 is 9.84 Å². The van der Waals surface area contributed by atoms with Gasteiger partial charge in [0.25, 0.3) is 0 Å². The Labute approximate surface area is 99.8 Å². The molecule has 17 heavy (non-hydrogen) atoms. The third kappa shape index (κ3) is 1.86. The molecule has 0 saturated carbocycles. The fraction of sp³-hybridized carbons (Fsp3) is 0.250. The zero-order chi connectivity index (χ0) is 12.6. The average Bonchev–Trinajstić information content (AvgIpc) is 2.50. The lowest BCUT2D eigenvalue weighted by Gasteiger charge is -2.07. The largest absolute Gasteiger partial charge is 0.495 e. The third-order valence-electron chi connectivity index (χ3n) is 2.58. The van der Waals surface area contributed by atoms with E-state index in [4.69, 9.17) is 4.74 Å². The van der Waals surface area contributed by atoms with Crippen molar-refractivity contribution < 1.29 is 17.9 Å². The lowest BCUT2D eigenvalue weighted by Crippen LogP contribution is -2.05. The van der Waals surface area contributed by atoms with Gasteiger partial charge in [0, 0.05) is 6.42 Å². The lowest BCUT2D eigenvalue weighted by atomic mass is 10.2. The van der Waals surface area contributed by atoms with Gasteiger partial charge in [-0.25, -0.2) is 8.42 Å². The van der Waals surface area contributed by atoms with Gasteiger partial charge < -0.3 is 4.74 Å². The van der Waals surface area contributed by atoms with E-state index in [1.807, 2.05) is 0 Å². The van der Waals surface area contributed by atoms with Crippen LogP contribution in [0.4, 0.5) is 0 Å². The quantitative estimate of drug-likeness (QED) is 0.823. The van der Waals surface area contributed by atoms with Gasteiger partial charge in [0.05, 0.1) is 12.0 Å². The van der Waals surface area contributed by atoms with E-state index in [0.717, 1.165) is 0 Å². The molecule has 1 aliphatic rings. The summed E-state index contributed by atoms with van der Waals surface area (Å²) >= 11 is 0. The highest BCUT2D eigenvalue weighted by Crippen LogP contribution is 2.40. The van der Waals surface area contributed by atoms with Gasteiger partial charge >= 0.3 is 0 Å². The van der Waals surface area contributed by atoms with Crippen molar-refractivity contribution in [2.45, 2.75) is 18.2 Å². The smallest absolute Gasteiger partial charge is 0.207 e. The number of carbonyl (C=O) groups excluding carboxylic acids is 1. The normalized spacial score (nSPS) is 16.2. The molecule has 1 aromatic rings. The van der Waals surface area contributed by atoms with E-state index in [0.29, 0.717) is 11.3 Å². The van der Waals surface area contributed by atoms with E-state index >= 15 is 0 Å². The van der Waals surface area contributed by atoms with Crippen LogP contribution < -0.4 is 4.74 Å². The monoisotopic (exact) mass is 252 g/mol. The van der Waals surface area contributed by atoms with Gasteiger partial charge in [-0.3, -0.25) is 4.79 Å². The van der Waals surface area contributed by atoms with E-state index in [-0.39, 0.29) is 22.0 Å². The number of sulfone groups is 1. The number of hydrogen-bond donors (Lipinski definition) is 0. The van der Waals surface area contributed by atoms with Gasteiger partial charge in [0.1, 0.15) is 16.4 Å². The Hall–Kier alpha value is -1.62. The van der Waals surface area contributed by atoms with Crippen LogP contribution in [0.2, 0.25) is 0 Å². The first-order valence-corrected chi connectivity index (χ1v) is 6.57. The van der Waals surface area contributed by atoms with E-state index in [1.54, 1.807) is 18.2 Å². The molecule has 1 aromatic carbocycles. The molecule has 0 aromatic heterocycles. The Bertz CT molecular complexity index is 611. The molecular formula is C12H12O4S. The van der Waals surface area contributed by atoms with E-state index in [9.17, 15) is 13.2 Å². The summed E-state index contributed by atoms with van der Waals surface area (Å²) in [4.78, 5) is 11.4. The highest BCUT2D eigenvalue weighted by molar-refractivity contribution is 7.96. The number of ketones is 1. The fourth-order valence-corrected chi connectivity index (χ4v) is 3.66. The number of carbonyl (C=O) groups is 1. The number of benzene rings is 1. The highest BCUT2D eigenvalue weighted by atomic mass is 32.2. The number of hydrogen-bond acceptors (Lipinski definition) is 4. The van der Waals surface area contributed by atoms with E-state index in [1.165, 1.54) is 20.1 Å². The van der Waals surface area contributed by atoms with Crippen molar-refractivity contribution in [1.29, 1.82) is 0 Å². The maximum Gasteiger partial charge on any atom is 0.207 e. The van der Waals surface area contributed by atoms with Crippen molar-refractivity contribution in [2.24, 2.45) is 0 Å². The number of methoxy groups -OCH3 is 1. The summed E-state index contributed by atoms with van der Waals surface area (Å²) in [5.41, 5.74) is 0.584. The molecule has 1 heterocycles. The molecule has 4 nitrogen and oxygen atoms in total. The molecule has 0 N–H and O–H groups in total. The summed E-state index contributed by atoms with van der Waals surface area (Å²) in [5.74, 6) is 0.143. The first-order chi connectivity index (χ1) is 7.96. The summed E-state index contributed by atoms with van der Waals surface area (Å²) in [6.45, 7) is 1.37. The molecule has 0 bridgehead atoms. The van der Waals surface area contributed by atoms with Crippen LogP contribution in [0.25, 0.3) is 6.08 Å². The van der Waals surface area contributed by atoms with Crippen LogP contribution in [-0.2, 0) is 14.6 Å². The first kappa shape index (κ1) is 11.9. The number of allylic oxidation sites excluding steroid dienone is 1. The number of ether oxygens (including phenoxy) is 1. The predicted octanol–water partition coefficient (Wildman–Crippen LogP) is 1.80. The minimum atomic E-state index is -3.57. The van der Waals surface area contributed by atoms with Crippen LogP contribution in [0.5, 0.6) is 5.75 Å². The minimum absolute atomic E-state index is 0.0693. The van der Waals surface area contributed by atoms with Crippen LogP contribution in [0.3, 0.4) is 0 Å². The standard InChI is InChI=1S/C12H12O4S/c1-8(13)6-10-7-9-4-3-5-11(16-2)12(9)17(10,14)15/h3-5,7H,6H2,1-2H3. The number of rotatable bonds is 3. The molecule has 0 spiro atoms. The van der Waals surface area contributed by atoms with Crippen molar-refractivity contribution >= 4 is 21.7 Å². The Morgan fingerprint density at radius 1 is 1.35 bits per heavy atom. The Morgan fingerprint density at radius 3 is 2.65 bits per heavy atom. The minimum Gasteiger partial charge on any atom is -0.495 e. The molecule has 0 atom stereocenters. The molecule has 0 fully saturated rings. The molecule has 0 aliphatic carbocycles. The van der Waals surface area contributed by atoms with Crippen LogP contribution in [0.15, 0.2) is 28.0 Å². The molecular weight excluding hydrogens is 240 g/mol. The molecule has 2 rings (SSSR count). The summed E-state index contributed by atoms with van der Waals surface area (Å²) in [5, 5.41) is 0. The second-order valence-corrected chi connectivity index (χ2v) is 5.81. The van der Waals surface area contributed by atoms with Crippen molar-refractivity contribution in [2.75, 3.05) is 7.11 Å². The Morgan fingerprint density at radius 2 is 2.06 bits per heavy atom. The van der Waals surface area contributed by atoms with Crippen molar-refractivity contribution in [1.82, 2.24) is 0 Å². The third-order valence-corrected chi connectivity index (χ3v) is 4.51. The van der Waals surface area contributed by atoms with Crippen LogP contribution >= 0.6 is 0 Å². The molecule has 0 saturated heterocycles. The van der Waals surface area contributed by atoms with Crippen LogP contribution in [0.1, 0.15) is 18.9 Å². The van der Waals surface area contributed by atoms with Crippen molar-refractivity contribution in [3.63, 3.8) is 0 Å². The average molecular weight is 252 g/mol. The number of fused-ring (bicyclic) bond motifs is 1. The lowest BCUT2D eigenvalue weighted by molar-refractivity contribution is -0.116. The molecule has 0 amide bonds. The first-order valence-electron chi connectivity index (χ1n) is 5.09. The summed E-state index contributed by atoms with van der Waals surface area (Å²) in [6.07, 6.45) is 1.47. The van der Waals surface area contributed by atoms with Gasteiger partial charge in [-0.1, -0.05) is 12.1 Å². The van der Waals surface area contributed by atoms with Crippen molar-refractivity contribution in [3.8, 4) is 5.75 Å². The SMILES string of the molecule is COc1cccc2c1S(=O)(=O)C(CC(C)=O)=C2. The van der Waals surface area contributed by atoms with Crippen LogP contribution in [0, 0.1) is 0 Å². The molecule has 0 radical (unpaired) electrons. The van der Waals surface area contributed by atoms with Gasteiger partial charge in [0.15, 0.2) is 0 Å². The molecule has 90 valence electrons. The zero-order valence-electron chi connectivity index (χ0n) is 9.56. The van der Waals surface area contributed by atoms with Gasteiger partial charge in [-0.15, -0.1) is 0 Å².